The number of halogens is 2. The van der Waals surface area contributed by atoms with Crippen molar-refractivity contribution in [3.63, 3.8) is 0 Å². The molecular weight excluding hydrogens is 377 g/mol. The molecular formula is C18H17Cl2N3OS. The van der Waals surface area contributed by atoms with Crippen molar-refractivity contribution in [2.45, 2.75) is 31.3 Å². The van der Waals surface area contributed by atoms with Crippen LogP contribution in [0.15, 0.2) is 41.0 Å². The number of fused-ring (bicyclic) bond motifs is 1. The minimum atomic E-state index is 0.0746. The molecule has 0 saturated heterocycles. The van der Waals surface area contributed by atoms with Gasteiger partial charge < -0.3 is 15.5 Å². The Morgan fingerprint density at radius 1 is 1.32 bits per heavy atom. The maximum Gasteiger partial charge on any atom is 0.131 e. The van der Waals surface area contributed by atoms with E-state index in [0.29, 0.717) is 16.7 Å². The van der Waals surface area contributed by atoms with Gasteiger partial charge in [0.15, 0.2) is 0 Å². The number of furan rings is 1. The SMILES string of the molecule is N[C@H]1CC=CC[C@@H]1c1sc2c(NCc3ccco3)cc(Cl)nc2c1Cl. The Balaban J connectivity index is 1.73. The number of rotatable bonds is 4. The lowest BCUT2D eigenvalue weighted by molar-refractivity contribution is 0.518. The van der Waals surface area contributed by atoms with Crippen LogP contribution in [0.4, 0.5) is 5.69 Å². The summed E-state index contributed by atoms with van der Waals surface area (Å²) < 4.78 is 6.38. The second kappa shape index (κ2) is 7.00. The van der Waals surface area contributed by atoms with Crippen LogP contribution in [0.5, 0.6) is 0 Å². The van der Waals surface area contributed by atoms with E-state index in [1.54, 1.807) is 17.6 Å². The van der Waals surface area contributed by atoms with Gasteiger partial charge in [-0.05, 0) is 25.0 Å². The predicted molar refractivity (Wildman–Crippen MR) is 105 cm³/mol. The smallest absolute Gasteiger partial charge is 0.131 e. The molecule has 25 heavy (non-hydrogen) atoms. The second-order valence-corrected chi connectivity index (χ2v) is 7.91. The minimum Gasteiger partial charge on any atom is -0.467 e. The Hall–Kier alpha value is -1.53. The van der Waals surface area contributed by atoms with Gasteiger partial charge in [0.1, 0.15) is 16.4 Å². The molecule has 0 spiro atoms. The van der Waals surface area contributed by atoms with E-state index in [0.717, 1.165) is 39.4 Å². The third kappa shape index (κ3) is 3.29. The van der Waals surface area contributed by atoms with E-state index in [4.69, 9.17) is 33.4 Å². The van der Waals surface area contributed by atoms with E-state index < -0.39 is 0 Å². The second-order valence-electron chi connectivity index (χ2n) is 6.10. The highest BCUT2D eigenvalue weighted by atomic mass is 35.5. The van der Waals surface area contributed by atoms with E-state index >= 15 is 0 Å². The van der Waals surface area contributed by atoms with Gasteiger partial charge in [0.2, 0.25) is 0 Å². The van der Waals surface area contributed by atoms with Crippen LogP contribution in [-0.4, -0.2) is 11.0 Å². The van der Waals surface area contributed by atoms with Crippen LogP contribution in [-0.2, 0) is 6.54 Å². The summed E-state index contributed by atoms with van der Waals surface area (Å²) in [6.45, 7) is 0.568. The first kappa shape index (κ1) is 16.9. The van der Waals surface area contributed by atoms with Crippen LogP contribution in [0.1, 0.15) is 29.4 Å². The van der Waals surface area contributed by atoms with Crippen LogP contribution < -0.4 is 11.1 Å². The highest BCUT2D eigenvalue weighted by molar-refractivity contribution is 7.20. The van der Waals surface area contributed by atoms with Crippen LogP contribution in [0.25, 0.3) is 10.2 Å². The minimum absolute atomic E-state index is 0.0746. The van der Waals surface area contributed by atoms with Gasteiger partial charge in [-0.3, -0.25) is 0 Å². The molecule has 0 aliphatic heterocycles. The van der Waals surface area contributed by atoms with Crippen LogP contribution in [0, 0.1) is 0 Å². The van der Waals surface area contributed by atoms with Crippen LogP contribution >= 0.6 is 34.5 Å². The first-order valence-corrected chi connectivity index (χ1v) is 9.66. The number of anilines is 1. The first-order valence-electron chi connectivity index (χ1n) is 8.08. The third-order valence-electron chi connectivity index (χ3n) is 4.43. The summed E-state index contributed by atoms with van der Waals surface area (Å²) in [5.74, 6) is 1.07. The fraction of sp³-hybridized carbons (Fsp3) is 0.278. The van der Waals surface area contributed by atoms with E-state index in [-0.39, 0.29) is 12.0 Å². The van der Waals surface area contributed by atoms with Crippen molar-refractivity contribution in [3.05, 3.63) is 57.4 Å². The number of aromatic nitrogens is 1. The number of hydrogen-bond donors (Lipinski definition) is 2. The van der Waals surface area contributed by atoms with Crippen molar-refractivity contribution >= 4 is 50.4 Å². The summed E-state index contributed by atoms with van der Waals surface area (Å²) in [5.41, 5.74) is 7.96. The molecule has 1 aliphatic carbocycles. The Bertz CT molecular complexity index is 920. The Kier molecular flexibility index (Phi) is 4.73. The average molecular weight is 394 g/mol. The Morgan fingerprint density at radius 3 is 2.92 bits per heavy atom. The topological polar surface area (TPSA) is 64.1 Å². The number of nitrogens with two attached hydrogens (primary N) is 1. The molecule has 0 amide bonds. The molecule has 130 valence electrons. The van der Waals surface area contributed by atoms with E-state index in [9.17, 15) is 0 Å². The molecule has 0 unspecified atom stereocenters. The zero-order valence-electron chi connectivity index (χ0n) is 13.3. The van der Waals surface area contributed by atoms with Gasteiger partial charge in [0.05, 0.1) is 28.2 Å². The standard InChI is InChI=1S/C18H17Cl2N3OS/c19-14-8-13(22-9-10-4-3-7-24-10)18-16(23-14)15(20)17(25-18)11-5-1-2-6-12(11)21/h1-4,7-8,11-12H,5-6,9,21H2,(H,22,23)/t11-,12-/m0/s1. The number of nitrogens with zero attached hydrogens (tertiary/aromatic N) is 1. The maximum absolute atomic E-state index is 6.66. The lowest BCUT2D eigenvalue weighted by atomic mass is 9.88. The monoisotopic (exact) mass is 393 g/mol. The van der Waals surface area contributed by atoms with Crippen molar-refractivity contribution in [3.8, 4) is 0 Å². The highest BCUT2D eigenvalue weighted by Crippen LogP contribution is 2.45. The lowest BCUT2D eigenvalue weighted by Gasteiger charge is -2.24. The van der Waals surface area contributed by atoms with Crippen molar-refractivity contribution in [1.82, 2.24) is 4.98 Å². The van der Waals surface area contributed by atoms with Crippen molar-refractivity contribution < 1.29 is 4.42 Å². The van der Waals surface area contributed by atoms with Crippen molar-refractivity contribution in [2.24, 2.45) is 5.73 Å². The fourth-order valence-corrected chi connectivity index (χ4v) is 5.08. The molecule has 3 aromatic rings. The molecule has 1 aliphatic rings. The highest BCUT2D eigenvalue weighted by Gasteiger charge is 2.27. The molecule has 4 nitrogen and oxygen atoms in total. The summed E-state index contributed by atoms with van der Waals surface area (Å²) in [6.07, 6.45) is 7.73. The van der Waals surface area contributed by atoms with E-state index in [1.807, 2.05) is 18.2 Å². The Labute approximate surface area is 159 Å². The summed E-state index contributed by atoms with van der Waals surface area (Å²) in [7, 11) is 0. The van der Waals surface area contributed by atoms with E-state index in [1.165, 1.54) is 0 Å². The predicted octanol–water partition coefficient (Wildman–Crippen LogP) is 5.57. The van der Waals surface area contributed by atoms with Crippen LogP contribution in [0.2, 0.25) is 10.2 Å². The third-order valence-corrected chi connectivity index (χ3v) is 6.46. The van der Waals surface area contributed by atoms with Gasteiger partial charge in [-0.2, -0.15) is 0 Å². The van der Waals surface area contributed by atoms with E-state index in [2.05, 4.69) is 22.5 Å². The summed E-state index contributed by atoms with van der Waals surface area (Å²) in [4.78, 5) is 5.53. The quantitative estimate of drug-likeness (QED) is 0.449. The maximum atomic E-state index is 6.66. The van der Waals surface area contributed by atoms with Gasteiger partial charge in [0, 0.05) is 22.9 Å². The zero-order chi connectivity index (χ0) is 17.4. The molecule has 0 fully saturated rings. The average Bonchev–Trinajstić information content (AvgIpc) is 3.22. The number of thiophene rings is 1. The lowest BCUT2D eigenvalue weighted by Crippen LogP contribution is -2.29. The first-order chi connectivity index (χ1) is 12.1. The number of allylic oxidation sites excluding steroid dienone is 1. The van der Waals surface area contributed by atoms with Crippen molar-refractivity contribution in [2.75, 3.05) is 5.32 Å². The molecule has 7 heteroatoms. The molecule has 0 aromatic carbocycles. The Morgan fingerprint density at radius 2 is 2.16 bits per heavy atom. The van der Waals surface area contributed by atoms with Gasteiger partial charge in [-0.1, -0.05) is 35.4 Å². The number of pyridine rings is 1. The van der Waals surface area contributed by atoms with Crippen LogP contribution in [0.3, 0.4) is 0 Å². The summed E-state index contributed by atoms with van der Waals surface area (Å²) >= 11 is 14.5. The molecule has 0 radical (unpaired) electrons. The fourth-order valence-electron chi connectivity index (χ4n) is 3.13. The normalized spacial score (nSPS) is 20.3. The molecule has 0 saturated carbocycles. The summed E-state index contributed by atoms with van der Waals surface area (Å²) in [5, 5.41) is 4.45. The molecule has 3 N–H and O–H groups in total. The molecule has 0 bridgehead atoms. The molecule has 3 heterocycles. The molecule has 2 atom stereocenters. The molecule has 4 rings (SSSR count). The van der Waals surface area contributed by atoms with Gasteiger partial charge in [-0.15, -0.1) is 11.3 Å². The number of nitrogens with one attached hydrogen (secondary N) is 1. The zero-order valence-corrected chi connectivity index (χ0v) is 15.7. The van der Waals surface area contributed by atoms with Gasteiger partial charge in [-0.25, -0.2) is 4.98 Å². The van der Waals surface area contributed by atoms with Gasteiger partial charge >= 0.3 is 0 Å². The van der Waals surface area contributed by atoms with Crippen molar-refractivity contribution in [1.29, 1.82) is 0 Å². The largest absolute Gasteiger partial charge is 0.467 e. The van der Waals surface area contributed by atoms with Gasteiger partial charge in [0.25, 0.3) is 0 Å². The molecule has 3 aromatic heterocycles. The number of hydrogen-bond acceptors (Lipinski definition) is 5. The summed E-state index contributed by atoms with van der Waals surface area (Å²) in [6, 6.07) is 5.69.